The number of aryl methyl sites for hydroxylation is 1. The SMILES string of the molecule is Cc1nc(COc2ccc(C(=O)NCc3cccc(NC(=O)Cn4cccn4)c3)cc2)cs1. The minimum absolute atomic E-state index is 0.136. The van der Waals surface area contributed by atoms with E-state index in [-0.39, 0.29) is 18.4 Å². The van der Waals surface area contributed by atoms with E-state index in [1.54, 1.807) is 64.8 Å². The van der Waals surface area contributed by atoms with Gasteiger partial charge in [-0.3, -0.25) is 14.3 Å². The molecule has 2 heterocycles. The van der Waals surface area contributed by atoms with Crippen LogP contribution < -0.4 is 15.4 Å². The molecule has 0 saturated heterocycles. The Labute approximate surface area is 195 Å². The Morgan fingerprint density at radius 3 is 2.70 bits per heavy atom. The van der Waals surface area contributed by atoms with Crippen LogP contribution in [0.4, 0.5) is 5.69 Å². The summed E-state index contributed by atoms with van der Waals surface area (Å²) in [6, 6.07) is 16.1. The molecule has 33 heavy (non-hydrogen) atoms. The molecule has 4 aromatic rings. The fraction of sp³-hybridized carbons (Fsp3) is 0.167. The average molecular weight is 462 g/mol. The minimum atomic E-state index is -0.190. The van der Waals surface area contributed by atoms with Crippen molar-refractivity contribution in [1.29, 1.82) is 0 Å². The topological polar surface area (TPSA) is 98.1 Å². The van der Waals surface area contributed by atoms with E-state index in [1.807, 2.05) is 30.5 Å². The average Bonchev–Trinajstić information content (AvgIpc) is 3.48. The number of hydrogen-bond donors (Lipinski definition) is 2. The van der Waals surface area contributed by atoms with Crippen LogP contribution >= 0.6 is 11.3 Å². The molecule has 0 atom stereocenters. The van der Waals surface area contributed by atoms with Gasteiger partial charge in [-0.25, -0.2) is 4.98 Å². The minimum Gasteiger partial charge on any atom is -0.487 e. The first-order valence-electron chi connectivity index (χ1n) is 10.3. The highest BCUT2D eigenvalue weighted by atomic mass is 32.1. The number of aromatic nitrogens is 3. The van der Waals surface area contributed by atoms with Crippen molar-refractivity contribution in [2.75, 3.05) is 5.32 Å². The Kier molecular flexibility index (Phi) is 7.11. The van der Waals surface area contributed by atoms with Crippen LogP contribution in [0.5, 0.6) is 5.75 Å². The van der Waals surface area contributed by atoms with Gasteiger partial charge in [0.05, 0.1) is 10.7 Å². The highest BCUT2D eigenvalue weighted by molar-refractivity contribution is 7.09. The van der Waals surface area contributed by atoms with Crippen LogP contribution in [-0.4, -0.2) is 26.6 Å². The van der Waals surface area contributed by atoms with Crippen LogP contribution in [-0.2, 0) is 24.5 Å². The number of carbonyl (C=O) groups is 2. The Morgan fingerprint density at radius 2 is 1.97 bits per heavy atom. The fourth-order valence-corrected chi connectivity index (χ4v) is 3.72. The van der Waals surface area contributed by atoms with Crippen LogP contribution in [0.15, 0.2) is 72.4 Å². The lowest BCUT2D eigenvalue weighted by Gasteiger charge is -2.10. The predicted octanol–water partition coefficient (Wildman–Crippen LogP) is 3.80. The number of benzene rings is 2. The molecule has 0 bridgehead atoms. The molecule has 4 rings (SSSR count). The van der Waals surface area contributed by atoms with Crippen LogP contribution in [0.1, 0.15) is 26.6 Å². The Hall–Kier alpha value is -3.98. The number of nitrogens with zero attached hydrogens (tertiary/aromatic N) is 3. The van der Waals surface area contributed by atoms with Gasteiger partial charge in [0.1, 0.15) is 18.9 Å². The van der Waals surface area contributed by atoms with Crippen molar-refractivity contribution in [3.05, 3.63) is 94.2 Å². The fourth-order valence-electron chi connectivity index (χ4n) is 3.12. The van der Waals surface area contributed by atoms with E-state index in [0.29, 0.717) is 30.2 Å². The first-order valence-corrected chi connectivity index (χ1v) is 11.2. The zero-order valence-corrected chi connectivity index (χ0v) is 18.8. The van der Waals surface area contributed by atoms with Crippen molar-refractivity contribution in [3.63, 3.8) is 0 Å². The summed E-state index contributed by atoms with van der Waals surface area (Å²) in [6.45, 7) is 2.82. The summed E-state index contributed by atoms with van der Waals surface area (Å²) in [5.41, 5.74) is 2.96. The molecule has 0 spiro atoms. The van der Waals surface area contributed by atoms with Gasteiger partial charge in [-0.05, 0) is 55.0 Å². The normalized spacial score (nSPS) is 10.6. The second kappa shape index (κ2) is 10.6. The number of hydrogen-bond acceptors (Lipinski definition) is 6. The first kappa shape index (κ1) is 22.2. The van der Waals surface area contributed by atoms with Crippen molar-refractivity contribution >= 4 is 28.8 Å². The zero-order valence-electron chi connectivity index (χ0n) is 18.0. The van der Waals surface area contributed by atoms with E-state index >= 15 is 0 Å². The molecule has 9 heteroatoms. The second-order valence-corrected chi connectivity index (χ2v) is 8.37. The van der Waals surface area contributed by atoms with Gasteiger partial charge in [0, 0.05) is 35.6 Å². The molecule has 0 saturated carbocycles. The largest absolute Gasteiger partial charge is 0.487 e. The number of rotatable bonds is 9. The van der Waals surface area contributed by atoms with Crippen molar-refractivity contribution < 1.29 is 14.3 Å². The number of carbonyl (C=O) groups excluding carboxylic acids is 2. The number of amides is 2. The van der Waals surface area contributed by atoms with Crippen LogP contribution in [0.2, 0.25) is 0 Å². The van der Waals surface area contributed by atoms with Crippen LogP contribution in [0, 0.1) is 6.92 Å². The summed E-state index contributed by atoms with van der Waals surface area (Å²) in [4.78, 5) is 29.0. The molecule has 2 aromatic carbocycles. The van der Waals surface area contributed by atoms with Crippen molar-refractivity contribution in [1.82, 2.24) is 20.1 Å². The number of thiazole rings is 1. The van der Waals surface area contributed by atoms with E-state index in [2.05, 4.69) is 20.7 Å². The third kappa shape index (κ3) is 6.50. The van der Waals surface area contributed by atoms with Crippen LogP contribution in [0.3, 0.4) is 0 Å². The zero-order chi connectivity index (χ0) is 23.0. The molecule has 0 unspecified atom stereocenters. The van der Waals surface area contributed by atoms with E-state index in [9.17, 15) is 9.59 Å². The quantitative estimate of drug-likeness (QED) is 0.395. The summed E-state index contributed by atoms with van der Waals surface area (Å²) >= 11 is 1.59. The number of ether oxygens (including phenoxy) is 1. The first-order chi connectivity index (χ1) is 16.0. The maximum Gasteiger partial charge on any atom is 0.251 e. The lowest BCUT2D eigenvalue weighted by atomic mass is 10.1. The Balaban J connectivity index is 1.26. The van der Waals surface area contributed by atoms with Crippen molar-refractivity contribution in [2.24, 2.45) is 0 Å². The number of anilines is 1. The van der Waals surface area contributed by atoms with Gasteiger partial charge in [-0.2, -0.15) is 5.10 Å². The molecule has 0 radical (unpaired) electrons. The highest BCUT2D eigenvalue weighted by Gasteiger charge is 2.08. The van der Waals surface area contributed by atoms with E-state index < -0.39 is 0 Å². The van der Waals surface area contributed by atoms with E-state index in [4.69, 9.17) is 4.74 Å². The summed E-state index contributed by atoms with van der Waals surface area (Å²) < 4.78 is 7.27. The molecule has 8 nitrogen and oxygen atoms in total. The van der Waals surface area contributed by atoms with Crippen LogP contribution in [0.25, 0.3) is 0 Å². The molecular formula is C24H23N5O3S. The third-order valence-electron chi connectivity index (χ3n) is 4.70. The van der Waals surface area contributed by atoms with Crippen molar-refractivity contribution in [2.45, 2.75) is 26.6 Å². The lowest BCUT2D eigenvalue weighted by molar-refractivity contribution is -0.116. The molecule has 0 aliphatic rings. The van der Waals surface area contributed by atoms with Gasteiger partial charge < -0.3 is 15.4 Å². The summed E-state index contributed by atoms with van der Waals surface area (Å²) in [5, 5.41) is 12.7. The predicted molar refractivity (Wildman–Crippen MR) is 126 cm³/mol. The molecule has 0 fully saturated rings. The van der Waals surface area contributed by atoms with Gasteiger partial charge in [-0.1, -0.05) is 12.1 Å². The Bertz CT molecular complexity index is 1220. The maximum absolute atomic E-state index is 12.5. The molecule has 0 aliphatic heterocycles. The maximum atomic E-state index is 12.5. The summed E-state index contributed by atoms with van der Waals surface area (Å²) in [6.07, 6.45) is 3.35. The van der Waals surface area contributed by atoms with E-state index in [1.165, 1.54) is 0 Å². The molecule has 0 aliphatic carbocycles. The van der Waals surface area contributed by atoms with E-state index in [0.717, 1.165) is 16.3 Å². The van der Waals surface area contributed by atoms with Gasteiger partial charge >= 0.3 is 0 Å². The highest BCUT2D eigenvalue weighted by Crippen LogP contribution is 2.16. The molecule has 2 aromatic heterocycles. The molecule has 2 N–H and O–H groups in total. The van der Waals surface area contributed by atoms with Gasteiger partial charge in [-0.15, -0.1) is 11.3 Å². The van der Waals surface area contributed by atoms with Gasteiger partial charge in [0.15, 0.2) is 0 Å². The third-order valence-corrected chi connectivity index (χ3v) is 5.52. The molecule has 168 valence electrons. The van der Waals surface area contributed by atoms with Crippen molar-refractivity contribution in [3.8, 4) is 5.75 Å². The monoisotopic (exact) mass is 461 g/mol. The molecule has 2 amide bonds. The molecular weight excluding hydrogens is 438 g/mol. The standard InChI is InChI=1S/C24H23N5O3S/c1-17-27-21(16-33-17)15-32-22-8-6-19(7-9-22)24(31)25-13-18-4-2-5-20(12-18)28-23(30)14-29-11-3-10-26-29/h2-12,16H,13-15H2,1H3,(H,25,31)(H,28,30). The Morgan fingerprint density at radius 1 is 1.12 bits per heavy atom. The van der Waals surface area contributed by atoms with Gasteiger partial charge in [0.2, 0.25) is 5.91 Å². The summed E-state index contributed by atoms with van der Waals surface area (Å²) in [7, 11) is 0. The second-order valence-electron chi connectivity index (χ2n) is 7.31. The smallest absolute Gasteiger partial charge is 0.251 e. The van der Waals surface area contributed by atoms with Gasteiger partial charge in [0.25, 0.3) is 5.91 Å². The summed E-state index contributed by atoms with van der Waals surface area (Å²) in [5.74, 6) is 0.313. The lowest BCUT2D eigenvalue weighted by Crippen LogP contribution is -2.23. The number of nitrogens with one attached hydrogen (secondary N) is 2.